The summed E-state index contributed by atoms with van der Waals surface area (Å²) in [6.45, 7) is 2.13. The third-order valence-corrected chi connectivity index (χ3v) is 9.11. The molecule has 1 saturated carbocycles. The average Bonchev–Trinajstić information content (AvgIpc) is 3.59. The zero-order valence-corrected chi connectivity index (χ0v) is 19.9. The lowest BCUT2D eigenvalue weighted by atomic mass is 9.59. The van der Waals surface area contributed by atoms with Crippen LogP contribution in [0.4, 0.5) is 5.69 Å². The molecule has 4 aliphatic rings. The van der Waals surface area contributed by atoms with E-state index in [1.165, 1.54) is 18.2 Å². The standard InChI is InChI=1S/C29H34N2O3/c1-34-28(33)23-16-22(21-11-7-10-20(21)18-32)27-29(24-12-5-6-13-25(24)30-26(23)29)14-15-31(27)17-19-8-3-2-4-9-19/h2-6,8-9,12-13,20-22,27,30,32H,7,10-11,14-18H2,1H3/t20-,21+,22-,27+,29+/m0/s1. The number of esters is 1. The molecule has 2 aromatic rings. The number of ether oxygens (including phenoxy) is 1. The summed E-state index contributed by atoms with van der Waals surface area (Å²) in [5.41, 5.74) is 5.40. The first-order valence-corrected chi connectivity index (χ1v) is 12.7. The first kappa shape index (κ1) is 21.9. The zero-order valence-electron chi connectivity index (χ0n) is 19.9. The van der Waals surface area contributed by atoms with Crippen LogP contribution in [0, 0.1) is 17.8 Å². The van der Waals surface area contributed by atoms with Crippen molar-refractivity contribution in [2.75, 3.05) is 25.6 Å². The van der Waals surface area contributed by atoms with Gasteiger partial charge in [0.2, 0.25) is 0 Å². The van der Waals surface area contributed by atoms with Gasteiger partial charge in [-0.1, -0.05) is 55.0 Å². The van der Waals surface area contributed by atoms with Crippen LogP contribution in [0.3, 0.4) is 0 Å². The summed E-state index contributed by atoms with van der Waals surface area (Å²) in [7, 11) is 1.49. The summed E-state index contributed by atoms with van der Waals surface area (Å²) < 4.78 is 5.33. The largest absolute Gasteiger partial charge is 0.466 e. The van der Waals surface area contributed by atoms with Crippen LogP contribution < -0.4 is 5.32 Å². The van der Waals surface area contributed by atoms with Crippen LogP contribution >= 0.6 is 0 Å². The van der Waals surface area contributed by atoms with E-state index >= 15 is 0 Å². The van der Waals surface area contributed by atoms with Gasteiger partial charge in [0, 0.05) is 37.1 Å². The van der Waals surface area contributed by atoms with Crippen LogP contribution in [-0.2, 0) is 21.5 Å². The van der Waals surface area contributed by atoms with E-state index in [9.17, 15) is 9.90 Å². The number of anilines is 1. The quantitative estimate of drug-likeness (QED) is 0.647. The molecule has 0 amide bonds. The Morgan fingerprint density at radius 2 is 1.91 bits per heavy atom. The molecule has 6 rings (SSSR count). The van der Waals surface area contributed by atoms with Gasteiger partial charge in [0.05, 0.1) is 18.1 Å². The second-order valence-corrected chi connectivity index (χ2v) is 10.5. The number of benzene rings is 2. The highest BCUT2D eigenvalue weighted by molar-refractivity contribution is 5.93. The molecule has 2 N–H and O–H groups in total. The van der Waals surface area contributed by atoms with Crippen molar-refractivity contribution in [1.29, 1.82) is 0 Å². The van der Waals surface area contributed by atoms with Gasteiger partial charge in [-0.2, -0.15) is 0 Å². The fraction of sp³-hybridized carbons (Fsp3) is 0.483. The summed E-state index contributed by atoms with van der Waals surface area (Å²) in [6.07, 6.45) is 5.05. The maximum atomic E-state index is 13.1. The van der Waals surface area contributed by atoms with Crippen molar-refractivity contribution in [3.05, 3.63) is 77.0 Å². The molecule has 0 aromatic heterocycles. The molecular weight excluding hydrogens is 424 g/mol. The van der Waals surface area contributed by atoms with E-state index in [0.29, 0.717) is 24.2 Å². The molecule has 5 atom stereocenters. The highest BCUT2D eigenvalue weighted by atomic mass is 16.5. The van der Waals surface area contributed by atoms with E-state index < -0.39 is 0 Å². The number of carbonyl (C=O) groups is 1. The van der Waals surface area contributed by atoms with E-state index in [2.05, 4.69) is 64.8 Å². The van der Waals surface area contributed by atoms with Crippen molar-refractivity contribution in [2.45, 2.75) is 50.1 Å². The molecule has 0 bridgehead atoms. The second kappa shape index (κ2) is 8.54. The van der Waals surface area contributed by atoms with E-state index in [0.717, 1.165) is 55.7 Å². The number of aliphatic hydroxyl groups excluding tert-OH is 1. The molecule has 2 heterocycles. The van der Waals surface area contributed by atoms with Gasteiger partial charge in [0.15, 0.2) is 0 Å². The summed E-state index contributed by atoms with van der Waals surface area (Å²) >= 11 is 0. The minimum Gasteiger partial charge on any atom is -0.466 e. The first-order valence-electron chi connectivity index (χ1n) is 12.7. The number of carbonyl (C=O) groups excluding carboxylic acids is 1. The molecule has 1 saturated heterocycles. The third kappa shape index (κ3) is 3.17. The van der Waals surface area contributed by atoms with E-state index in [1.54, 1.807) is 0 Å². The number of nitrogens with one attached hydrogen (secondary N) is 1. The molecule has 1 spiro atoms. The second-order valence-electron chi connectivity index (χ2n) is 10.5. The van der Waals surface area contributed by atoms with Crippen LogP contribution in [0.15, 0.2) is 65.9 Å². The average molecular weight is 459 g/mol. The van der Waals surface area contributed by atoms with E-state index in [1.807, 2.05) is 0 Å². The maximum absolute atomic E-state index is 13.1. The Morgan fingerprint density at radius 1 is 1.12 bits per heavy atom. The number of rotatable bonds is 5. The number of likely N-dealkylation sites (tertiary alicyclic amines) is 1. The van der Waals surface area contributed by atoms with Crippen LogP contribution in [-0.4, -0.2) is 42.3 Å². The van der Waals surface area contributed by atoms with Gasteiger partial charge in [-0.3, -0.25) is 4.90 Å². The summed E-state index contributed by atoms with van der Waals surface area (Å²) in [5.74, 6) is 0.818. The molecule has 0 radical (unpaired) electrons. The van der Waals surface area contributed by atoms with Crippen LogP contribution in [0.25, 0.3) is 0 Å². The molecular formula is C29H34N2O3. The summed E-state index contributed by atoms with van der Waals surface area (Å²) in [6, 6.07) is 19.6. The number of para-hydroxylation sites is 1. The Balaban J connectivity index is 1.52. The Labute approximate surface area is 201 Å². The number of fused-ring (bicyclic) bond motifs is 1. The van der Waals surface area contributed by atoms with Gasteiger partial charge >= 0.3 is 5.97 Å². The van der Waals surface area contributed by atoms with Crippen molar-refractivity contribution in [2.24, 2.45) is 17.8 Å². The van der Waals surface area contributed by atoms with Crippen molar-refractivity contribution >= 4 is 11.7 Å². The number of hydrogen-bond donors (Lipinski definition) is 2. The number of methoxy groups -OCH3 is 1. The van der Waals surface area contributed by atoms with E-state index in [4.69, 9.17) is 4.74 Å². The number of aliphatic hydroxyl groups is 1. The monoisotopic (exact) mass is 458 g/mol. The van der Waals surface area contributed by atoms with Gasteiger partial charge in [-0.05, 0) is 60.6 Å². The highest BCUT2D eigenvalue weighted by Crippen LogP contribution is 2.61. The first-order chi connectivity index (χ1) is 16.7. The van der Waals surface area contributed by atoms with E-state index in [-0.39, 0.29) is 24.0 Å². The number of nitrogens with zero attached hydrogens (tertiary/aromatic N) is 1. The van der Waals surface area contributed by atoms with Gasteiger partial charge in [0.25, 0.3) is 0 Å². The van der Waals surface area contributed by atoms with Crippen LogP contribution in [0.1, 0.15) is 43.2 Å². The molecule has 2 fully saturated rings. The predicted molar refractivity (Wildman–Crippen MR) is 132 cm³/mol. The van der Waals surface area contributed by atoms with Gasteiger partial charge in [-0.15, -0.1) is 0 Å². The van der Waals surface area contributed by atoms with Crippen molar-refractivity contribution in [3.8, 4) is 0 Å². The lowest BCUT2D eigenvalue weighted by Gasteiger charge is -2.48. The Kier molecular flexibility index (Phi) is 5.50. The smallest absolute Gasteiger partial charge is 0.335 e. The lowest BCUT2D eigenvalue weighted by molar-refractivity contribution is -0.137. The third-order valence-electron chi connectivity index (χ3n) is 9.11. The SMILES string of the molecule is COC(=O)C1=C2Nc3ccccc3[C@]23CCN(Cc2ccccc2)[C@@H]3[C@H]([C@@H]2CCC[C@H]2CO)C1. The fourth-order valence-corrected chi connectivity index (χ4v) is 7.82. The molecule has 5 heteroatoms. The Morgan fingerprint density at radius 3 is 2.71 bits per heavy atom. The molecule has 2 aliphatic carbocycles. The van der Waals surface area contributed by atoms with Crippen molar-refractivity contribution in [3.63, 3.8) is 0 Å². The number of hydrogen-bond acceptors (Lipinski definition) is 5. The van der Waals surface area contributed by atoms with Crippen LogP contribution in [0.2, 0.25) is 0 Å². The molecule has 5 nitrogen and oxygen atoms in total. The molecule has 34 heavy (non-hydrogen) atoms. The fourth-order valence-electron chi connectivity index (χ4n) is 7.82. The maximum Gasteiger partial charge on any atom is 0.335 e. The Bertz CT molecular complexity index is 1110. The molecule has 0 unspecified atom stereocenters. The lowest BCUT2D eigenvalue weighted by Crippen LogP contribution is -2.53. The van der Waals surface area contributed by atoms with Crippen LogP contribution in [0.5, 0.6) is 0 Å². The molecule has 2 aromatic carbocycles. The summed E-state index contributed by atoms with van der Waals surface area (Å²) in [5, 5.41) is 13.9. The molecule has 178 valence electrons. The summed E-state index contributed by atoms with van der Waals surface area (Å²) in [4.78, 5) is 15.8. The Hall–Kier alpha value is -2.63. The zero-order chi connectivity index (χ0) is 23.3. The van der Waals surface area contributed by atoms with Gasteiger partial charge in [0.1, 0.15) is 0 Å². The van der Waals surface area contributed by atoms with Crippen molar-refractivity contribution < 1.29 is 14.6 Å². The van der Waals surface area contributed by atoms with Gasteiger partial charge in [-0.25, -0.2) is 4.79 Å². The topological polar surface area (TPSA) is 61.8 Å². The van der Waals surface area contributed by atoms with Crippen molar-refractivity contribution in [1.82, 2.24) is 4.90 Å². The highest BCUT2D eigenvalue weighted by Gasteiger charge is 2.62. The predicted octanol–water partition coefficient (Wildman–Crippen LogP) is 4.48. The minimum atomic E-state index is -0.236. The normalized spacial score (nSPS) is 32.2. The van der Waals surface area contributed by atoms with Gasteiger partial charge < -0.3 is 15.2 Å². The molecule has 2 aliphatic heterocycles. The minimum absolute atomic E-state index is 0.210.